The molecule has 2 aliphatic carbocycles. The van der Waals surface area contributed by atoms with Gasteiger partial charge in [0.05, 0.1) is 0 Å². The lowest BCUT2D eigenvalue weighted by atomic mass is 9.66. The summed E-state index contributed by atoms with van der Waals surface area (Å²) in [7, 11) is 2.37. The lowest BCUT2D eigenvalue weighted by molar-refractivity contribution is -0.0369. The van der Waals surface area contributed by atoms with Gasteiger partial charge in [-0.2, -0.15) is 0 Å². The lowest BCUT2D eigenvalue weighted by Crippen LogP contribution is -2.62. The molecular formula is C18H36N2. The topological polar surface area (TPSA) is 29.3 Å². The molecule has 0 spiro atoms. The SMILES string of the molecule is CC1CCCC(CN)(N(C)C2CCC(C)(C)CC2)C1C. The molecule has 2 heteroatoms. The normalized spacial score (nSPS) is 39.1. The van der Waals surface area contributed by atoms with Crippen molar-refractivity contribution in [2.24, 2.45) is 23.0 Å². The molecule has 3 atom stereocenters. The Morgan fingerprint density at radius 3 is 2.20 bits per heavy atom. The third-order valence-electron chi connectivity index (χ3n) is 6.88. The fraction of sp³-hybridized carbons (Fsp3) is 1.00. The van der Waals surface area contributed by atoms with Crippen LogP contribution in [-0.4, -0.2) is 30.1 Å². The van der Waals surface area contributed by atoms with E-state index in [1.165, 1.54) is 44.9 Å². The highest BCUT2D eigenvalue weighted by molar-refractivity contribution is 5.02. The monoisotopic (exact) mass is 280 g/mol. The minimum absolute atomic E-state index is 0.254. The molecule has 2 saturated carbocycles. The maximum Gasteiger partial charge on any atom is 0.0359 e. The molecule has 0 amide bonds. The average molecular weight is 280 g/mol. The Hall–Kier alpha value is -0.0800. The molecule has 0 radical (unpaired) electrons. The maximum absolute atomic E-state index is 6.31. The zero-order valence-electron chi connectivity index (χ0n) is 14.4. The third kappa shape index (κ3) is 2.92. The fourth-order valence-electron chi connectivity index (χ4n) is 4.80. The van der Waals surface area contributed by atoms with Crippen LogP contribution in [0, 0.1) is 17.3 Å². The largest absolute Gasteiger partial charge is 0.329 e. The molecule has 20 heavy (non-hydrogen) atoms. The summed E-state index contributed by atoms with van der Waals surface area (Å²) in [5, 5.41) is 0. The summed E-state index contributed by atoms with van der Waals surface area (Å²) in [5.74, 6) is 1.54. The molecule has 0 aromatic heterocycles. The van der Waals surface area contributed by atoms with Crippen LogP contribution in [0.1, 0.15) is 72.6 Å². The van der Waals surface area contributed by atoms with Gasteiger partial charge in [-0.1, -0.05) is 40.5 Å². The van der Waals surface area contributed by atoms with Crippen molar-refractivity contribution in [3.63, 3.8) is 0 Å². The van der Waals surface area contributed by atoms with E-state index in [2.05, 4.69) is 39.6 Å². The van der Waals surface area contributed by atoms with Gasteiger partial charge in [-0.3, -0.25) is 4.90 Å². The Bertz CT molecular complexity index is 315. The van der Waals surface area contributed by atoms with E-state index in [-0.39, 0.29) is 5.54 Å². The predicted molar refractivity (Wildman–Crippen MR) is 87.8 cm³/mol. The van der Waals surface area contributed by atoms with Crippen molar-refractivity contribution in [2.75, 3.05) is 13.6 Å². The van der Waals surface area contributed by atoms with Gasteiger partial charge in [0.2, 0.25) is 0 Å². The zero-order chi connectivity index (χ0) is 15.0. The van der Waals surface area contributed by atoms with Crippen LogP contribution < -0.4 is 5.73 Å². The van der Waals surface area contributed by atoms with Crippen molar-refractivity contribution in [2.45, 2.75) is 84.2 Å². The number of hydrogen-bond acceptors (Lipinski definition) is 2. The highest BCUT2D eigenvalue weighted by atomic mass is 15.2. The number of likely N-dealkylation sites (N-methyl/N-ethyl adjacent to an activating group) is 1. The highest BCUT2D eigenvalue weighted by Gasteiger charge is 2.46. The maximum atomic E-state index is 6.31. The average Bonchev–Trinajstić information content (AvgIpc) is 2.41. The summed E-state index contributed by atoms with van der Waals surface area (Å²) in [4.78, 5) is 2.71. The van der Waals surface area contributed by atoms with Crippen molar-refractivity contribution in [1.29, 1.82) is 0 Å². The first-order valence-electron chi connectivity index (χ1n) is 8.75. The van der Waals surface area contributed by atoms with Crippen molar-refractivity contribution >= 4 is 0 Å². The van der Waals surface area contributed by atoms with Crippen molar-refractivity contribution in [1.82, 2.24) is 4.90 Å². The van der Waals surface area contributed by atoms with E-state index in [4.69, 9.17) is 5.73 Å². The number of nitrogens with two attached hydrogens (primary N) is 1. The molecule has 0 heterocycles. The molecule has 0 bridgehead atoms. The first-order valence-corrected chi connectivity index (χ1v) is 8.75. The molecule has 0 aliphatic heterocycles. The van der Waals surface area contributed by atoms with Gasteiger partial charge in [-0.25, -0.2) is 0 Å². The fourth-order valence-corrected chi connectivity index (χ4v) is 4.80. The van der Waals surface area contributed by atoms with Gasteiger partial charge in [0.15, 0.2) is 0 Å². The molecule has 118 valence electrons. The summed E-state index contributed by atoms with van der Waals surface area (Å²) in [6.45, 7) is 10.5. The van der Waals surface area contributed by atoms with Gasteiger partial charge in [0.25, 0.3) is 0 Å². The van der Waals surface area contributed by atoms with E-state index in [9.17, 15) is 0 Å². The van der Waals surface area contributed by atoms with E-state index in [1.807, 2.05) is 0 Å². The first kappa shape index (κ1) is 16.3. The van der Waals surface area contributed by atoms with E-state index in [0.717, 1.165) is 24.4 Å². The standard InChI is InChI=1S/C18H36N2/c1-14-7-6-10-18(13-19,15(14)2)20(5)16-8-11-17(3,4)12-9-16/h14-16H,6-13,19H2,1-5H3. The molecule has 2 aliphatic rings. The Morgan fingerprint density at radius 1 is 1.05 bits per heavy atom. The van der Waals surface area contributed by atoms with Crippen LogP contribution in [0.2, 0.25) is 0 Å². The lowest BCUT2D eigenvalue weighted by Gasteiger charge is -2.55. The van der Waals surface area contributed by atoms with Gasteiger partial charge in [0.1, 0.15) is 0 Å². The molecule has 0 aromatic carbocycles. The summed E-state index contributed by atoms with van der Waals surface area (Å²) in [6.07, 6.45) is 9.48. The molecule has 0 aromatic rings. The molecule has 2 rings (SSSR count). The smallest absolute Gasteiger partial charge is 0.0359 e. The van der Waals surface area contributed by atoms with Crippen LogP contribution in [0.15, 0.2) is 0 Å². The Balaban J connectivity index is 2.11. The van der Waals surface area contributed by atoms with Crippen LogP contribution in [0.3, 0.4) is 0 Å². The second kappa shape index (κ2) is 5.96. The molecule has 0 saturated heterocycles. The first-order chi connectivity index (χ1) is 9.32. The summed E-state index contributed by atoms with van der Waals surface area (Å²) in [6, 6.07) is 0.749. The number of hydrogen-bond donors (Lipinski definition) is 1. The van der Waals surface area contributed by atoms with Gasteiger partial charge in [-0.05, 0) is 56.4 Å². The van der Waals surface area contributed by atoms with Crippen molar-refractivity contribution in [3.05, 3.63) is 0 Å². The molecule has 2 nitrogen and oxygen atoms in total. The van der Waals surface area contributed by atoms with Gasteiger partial charge >= 0.3 is 0 Å². The summed E-state index contributed by atoms with van der Waals surface area (Å²) >= 11 is 0. The second-order valence-corrected chi connectivity index (χ2v) is 8.47. The van der Waals surface area contributed by atoms with E-state index >= 15 is 0 Å². The van der Waals surface area contributed by atoms with Gasteiger partial charge < -0.3 is 5.73 Å². The second-order valence-electron chi connectivity index (χ2n) is 8.47. The summed E-state index contributed by atoms with van der Waals surface area (Å²) in [5.41, 5.74) is 7.12. The van der Waals surface area contributed by atoms with Crippen LogP contribution in [0.25, 0.3) is 0 Å². The Morgan fingerprint density at radius 2 is 1.65 bits per heavy atom. The quantitative estimate of drug-likeness (QED) is 0.845. The minimum Gasteiger partial charge on any atom is -0.329 e. The number of rotatable bonds is 3. The molecule has 3 unspecified atom stereocenters. The summed E-state index contributed by atoms with van der Waals surface area (Å²) < 4.78 is 0. The predicted octanol–water partition coefficient (Wildman–Crippen LogP) is 4.04. The Labute approximate surface area is 126 Å². The third-order valence-corrected chi connectivity index (χ3v) is 6.88. The zero-order valence-corrected chi connectivity index (χ0v) is 14.4. The molecular weight excluding hydrogens is 244 g/mol. The van der Waals surface area contributed by atoms with Gasteiger partial charge in [-0.15, -0.1) is 0 Å². The molecule has 2 fully saturated rings. The Kier molecular flexibility index (Phi) is 4.86. The van der Waals surface area contributed by atoms with Crippen molar-refractivity contribution in [3.8, 4) is 0 Å². The van der Waals surface area contributed by atoms with Crippen LogP contribution in [-0.2, 0) is 0 Å². The van der Waals surface area contributed by atoms with Crippen LogP contribution in [0.5, 0.6) is 0 Å². The minimum atomic E-state index is 0.254. The van der Waals surface area contributed by atoms with E-state index in [0.29, 0.717) is 5.41 Å². The highest BCUT2D eigenvalue weighted by Crippen LogP contribution is 2.44. The number of nitrogens with zero attached hydrogens (tertiary/aromatic N) is 1. The van der Waals surface area contributed by atoms with Crippen LogP contribution in [0.4, 0.5) is 0 Å². The van der Waals surface area contributed by atoms with Gasteiger partial charge in [0, 0.05) is 18.1 Å². The molecule has 2 N–H and O–H groups in total. The van der Waals surface area contributed by atoms with E-state index in [1.54, 1.807) is 0 Å². The van der Waals surface area contributed by atoms with E-state index < -0.39 is 0 Å². The van der Waals surface area contributed by atoms with Crippen molar-refractivity contribution < 1.29 is 0 Å². The van der Waals surface area contributed by atoms with Crippen LogP contribution >= 0.6 is 0 Å².